The van der Waals surface area contributed by atoms with Crippen molar-refractivity contribution in [1.29, 1.82) is 0 Å². The predicted molar refractivity (Wildman–Crippen MR) is 81.5 cm³/mol. The fourth-order valence-corrected chi connectivity index (χ4v) is 2.17. The maximum atomic E-state index is 11.5. The molecule has 0 aromatic heterocycles. The van der Waals surface area contributed by atoms with Gasteiger partial charge >= 0.3 is 15.3 Å². The molecule has 0 heterocycles. The number of carbonyl (C=O) groups is 1. The smallest absolute Gasteiger partial charge is 0.307 e. The largest absolute Gasteiger partial charge is 0.333 e. The molecule has 2 N–H and O–H groups in total. The van der Waals surface area contributed by atoms with Gasteiger partial charge in [-0.05, 0) is 35.1 Å². The Morgan fingerprint density at radius 1 is 1.05 bits per heavy atom. The summed E-state index contributed by atoms with van der Waals surface area (Å²) in [7, 11) is 0.872. The fraction of sp³-hybridized carbons (Fsp3) is 0.462. The molecule has 0 fully saturated rings. The molecule has 0 saturated carbocycles. The zero-order chi connectivity index (χ0) is 15.5. The van der Waals surface area contributed by atoms with E-state index in [1.54, 1.807) is 4.72 Å². The molecule has 7 heteroatoms. The second kappa shape index (κ2) is 6.45. The summed E-state index contributed by atoms with van der Waals surface area (Å²) in [6.07, 6.45) is 0. The monoisotopic (exact) mass is 318 g/mol. The molecule has 5 nitrogen and oxygen atoms in total. The van der Waals surface area contributed by atoms with Crippen LogP contribution < -0.4 is 10.0 Å². The van der Waals surface area contributed by atoms with Gasteiger partial charge in [-0.25, -0.2) is 9.52 Å². The van der Waals surface area contributed by atoms with Crippen LogP contribution in [-0.4, -0.2) is 14.4 Å². The molecular formula is C13H19ClN2O3S. The van der Waals surface area contributed by atoms with Crippen molar-refractivity contribution in [3.05, 3.63) is 29.3 Å². The van der Waals surface area contributed by atoms with Crippen molar-refractivity contribution in [2.24, 2.45) is 0 Å². The number of anilines is 1. The van der Waals surface area contributed by atoms with E-state index in [-0.39, 0.29) is 0 Å². The van der Waals surface area contributed by atoms with Crippen LogP contribution in [0.1, 0.15) is 50.7 Å². The number of amides is 2. The number of halogens is 1. The van der Waals surface area contributed by atoms with E-state index in [1.165, 1.54) is 0 Å². The highest BCUT2D eigenvalue weighted by Gasteiger charge is 2.12. The average molecular weight is 319 g/mol. The number of rotatable bonds is 4. The molecule has 0 radical (unpaired) electrons. The molecule has 2 amide bonds. The van der Waals surface area contributed by atoms with E-state index in [0.717, 1.165) is 11.1 Å². The van der Waals surface area contributed by atoms with Crippen molar-refractivity contribution in [2.75, 3.05) is 5.32 Å². The Labute approximate surface area is 124 Å². The lowest BCUT2D eigenvalue weighted by molar-refractivity contribution is 0.256. The summed E-state index contributed by atoms with van der Waals surface area (Å²) in [6.45, 7) is 8.19. The van der Waals surface area contributed by atoms with Crippen molar-refractivity contribution in [1.82, 2.24) is 4.72 Å². The minimum atomic E-state index is -4.09. The molecule has 0 aliphatic heterocycles. The molecule has 0 bridgehead atoms. The van der Waals surface area contributed by atoms with Crippen molar-refractivity contribution < 1.29 is 13.2 Å². The van der Waals surface area contributed by atoms with Crippen molar-refractivity contribution in [3.8, 4) is 0 Å². The SMILES string of the molecule is CC(C)c1cc(NC(=O)NS(=O)(=O)Cl)cc(C(C)C)c1. The summed E-state index contributed by atoms with van der Waals surface area (Å²) in [5.74, 6) is 0.600. The lowest BCUT2D eigenvalue weighted by atomic mass is 9.95. The van der Waals surface area contributed by atoms with E-state index >= 15 is 0 Å². The standard InChI is InChI=1S/C13H19ClN2O3S/c1-8(2)10-5-11(9(3)4)7-12(6-10)15-13(17)16-20(14,18)19/h5-9H,1-4H3,(H2,15,16,17). The Bertz CT molecular complexity index is 571. The van der Waals surface area contributed by atoms with Gasteiger partial charge in [0.15, 0.2) is 0 Å². The highest BCUT2D eigenvalue weighted by atomic mass is 35.7. The van der Waals surface area contributed by atoms with E-state index in [2.05, 4.69) is 11.4 Å². The highest BCUT2D eigenvalue weighted by Crippen LogP contribution is 2.25. The van der Waals surface area contributed by atoms with Gasteiger partial charge in [0, 0.05) is 16.4 Å². The molecule has 20 heavy (non-hydrogen) atoms. The summed E-state index contributed by atoms with van der Waals surface area (Å²) in [5.41, 5.74) is 2.68. The van der Waals surface area contributed by atoms with E-state index in [9.17, 15) is 13.2 Å². The van der Waals surface area contributed by atoms with Gasteiger partial charge in [0.1, 0.15) is 0 Å². The number of hydrogen-bond donors (Lipinski definition) is 2. The van der Waals surface area contributed by atoms with Gasteiger partial charge in [-0.2, -0.15) is 8.42 Å². The van der Waals surface area contributed by atoms with Crippen LogP contribution in [0.3, 0.4) is 0 Å². The van der Waals surface area contributed by atoms with Gasteiger partial charge in [0.2, 0.25) is 0 Å². The maximum Gasteiger partial charge on any atom is 0.333 e. The highest BCUT2D eigenvalue weighted by molar-refractivity contribution is 8.12. The number of hydrogen-bond acceptors (Lipinski definition) is 3. The fourth-order valence-electron chi connectivity index (χ4n) is 1.68. The summed E-state index contributed by atoms with van der Waals surface area (Å²) in [4.78, 5) is 11.5. The lowest BCUT2D eigenvalue weighted by Gasteiger charge is -2.15. The summed E-state index contributed by atoms with van der Waals surface area (Å²) >= 11 is 0. The predicted octanol–water partition coefficient (Wildman–Crippen LogP) is 3.54. The molecule has 0 saturated heterocycles. The van der Waals surface area contributed by atoms with Gasteiger partial charge in [-0.1, -0.05) is 33.8 Å². The van der Waals surface area contributed by atoms with Crippen LogP contribution in [-0.2, 0) is 9.24 Å². The zero-order valence-electron chi connectivity index (χ0n) is 11.9. The molecule has 0 unspecified atom stereocenters. The Morgan fingerprint density at radius 3 is 1.85 bits per heavy atom. The van der Waals surface area contributed by atoms with Crippen LogP contribution >= 0.6 is 10.7 Å². The van der Waals surface area contributed by atoms with E-state index in [1.807, 2.05) is 39.8 Å². The van der Waals surface area contributed by atoms with Gasteiger partial charge in [0.05, 0.1) is 0 Å². The third-order valence-electron chi connectivity index (χ3n) is 2.78. The molecule has 112 valence electrons. The Morgan fingerprint density at radius 2 is 1.50 bits per heavy atom. The number of benzene rings is 1. The average Bonchev–Trinajstić information content (AvgIpc) is 2.25. The molecule has 0 aliphatic carbocycles. The maximum absolute atomic E-state index is 11.5. The summed E-state index contributed by atoms with van der Waals surface area (Å²) < 4.78 is 23.2. The third-order valence-corrected chi connectivity index (χ3v) is 3.44. The summed E-state index contributed by atoms with van der Waals surface area (Å²) in [5, 5.41) is 2.48. The lowest BCUT2D eigenvalue weighted by Crippen LogP contribution is -2.31. The molecule has 0 aliphatic rings. The topological polar surface area (TPSA) is 75.3 Å². The Kier molecular flexibility index (Phi) is 5.42. The molecular weight excluding hydrogens is 300 g/mol. The van der Waals surface area contributed by atoms with Crippen LogP contribution in [0.2, 0.25) is 0 Å². The second-order valence-corrected chi connectivity index (χ2v) is 7.49. The van der Waals surface area contributed by atoms with Crippen molar-refractivity contribution >= 4 is 31.6 Å². The van der Waals surface area contributed by atoms with Crippen LogP contribution in [0.25, 0.3) is 0 Å². The van der Waals surface area contributed by atoms with Crippen LogP contribution in [0.5, 0.6) is 0 Å². The zero-order valence-corrected chi connectivity index (χ0v) is 13.5. The number of carbonyl (C=O) groups excluding carboxylic acids is 1. The number of nitrogens with one attached hydrogen (secondary N) is 2. The van der Waals surface area contributed by atoms with Crippen molar-refractivity contribution in [2.45, 2.75) is 39.5 Å². The van der Waals surface area contributed by atoms with Gasteiger partial charge in [-0.3, -0.25) is 0 Å². The number of urea groups is 1. The Hall–Kier alpha value is -1.27. The minimum absolute atomic E-state index is 0.300. The van der Waals surface area contributed by atoms with Gasteiger partial charge in [0.25, 0.3) is 0 Å². The molecule has 1 rings (SSSR count). The first-order valence-electron chi connectivity index (χ1n) is 6.26. The first kappa shape index (κ1) is 16.8. The molecule has 0 atom stereocenters. The quantitative estimate of drug-likeness (QED) is 0.834. The first-order chi connectivity index (χ1) is 9.08. The van der Waals surface area contributed by atoms with Crippen molar-refractivity contribution in [3.63, 3.8) is 0 Å². The summed E-state index contributed by atoms with van der Waals surface area (Å²) in [6, 6.07) is 4.83. The molecule has 0 spiro atoms. The van der Waals surface area contributed by atoms with Gasteiger partial charge in [-0.15, -0.1) is 0 Å². The van der Waals surface area contributed by atoms with Gasteiger partial charge < -0.3 is 5.32 Å². The van der Waals surface area contributed by atoms with Crippen LogP contribution in [0.15, 0.2) is 18.2 Å². The molecule has 1 aromatic carbocycles. The first-order valence-corrected chi connectivity index (χ1v) is 8.57. The second-order valence-electron chi connectivity index (χ2n) is 5.19. The van der Waals surface area contributed by atoms with E-state index < -0.39 is 15.3 Å². The Balaban J connectivity index is 3.02. The van der Waals surface area contributed by atoms with E-state index in [0.29, 0.717) is 17.5 Å². The van der Waals surface area contributed by atoms with Crippen LogP contribution in [0, 0.1) is 0 Å². The normalized spacial score (nSPS) is 11.8. The minimum Gasteiger partial charge on any atom is -0.307 e. The van der Waals surface area contributed by atoms with E-state index in [4.69, 9.17) is 10.7 Å². The molecule has 1 aromatic rings. The van der Waals surface area contributed by atoms with Crippen LogP contribution in [0.4, 0.5) is 10.5 Å². The third kappa shape index (κ3) is 5.38.